The van der Waals surface area contributed by atoms with E-state index in [1.54, 1.807) is 11.8 Å². The summed E-state index contributed by atoms with van der Waals surface area (Å²) in [6.07, 6.45) is 3.76. The standard InChI is InChI=1S/C9H14N4S/c1-7-5-11-9(14-7)12-6-8-10-3-4-13(8)2/h3-4,7H,5-6H2,1-2H3,(H,11,12). The lowest BCUT2D eigenvalue weighted by Crippen LogP contribution is -2.20. The molecule has 1 aliphatic heterocycles. The molecule has 0 fully saturated rings. The highest BCUT2D eigenvalue weighted by Crippen LogP contribution is 2.18. The number of hydrogen-bond acceptors (Lipinski definition) is 4. The molecule has 1 atom stereocenters. The lowest BCUT2D eigenvalue weighted by Gasteiger charge is -2.05. The molecule has 0 bridgehead atoms. The molecule has 1 aromatic heterocycles. The van der Waals surface area contributed by atoms with Crippen LogP contribution in [0.15, 0.2) is 17.4 Å². The summed E-state index contributed by atoms with van der Waals surface area (Å²) in [4.78, 5) is 8.61. The molecule has 1 unspecified atom stereocenters. The molecule has 0 saturated heterocycles. The molecule has 5 heteroatoms. The van der Waals surface area contributed by atoms with Gasteiger partial charge < -0.3 is 9.88 Å². The first-order valence-electron chi connectivity index (χ1n) is 4.67. The Bertz CT molecular complexity index is 344. The quantitative estimate of drug-likeness (QED) is 0.792. The van der Waals surface area contributed by atoms with Crippen molar-refractivity contribution in [3.8, 4) is 0 Å². The number of nitrogens with one attached hydrogen (secondary N) is 1. The van der Waals surface area contributed by atoms with Gasteiger partial charge in [0.1, 0.15) is 5.82 Å². The maximum absolute atomic E-state index is 4.38. The second-order valence-corrected chi connectivity index (χ2v) is 4.81. The summed E-state index contributed by atoms with van der Waals surface area (Å²) < 4.78 is 2.01. The molecule has 0 amide bonds. The van der Waals surface area contributed by atoms with Crippen molar-refractivity contribution in [2.45, 2.75) is 18.7 Å². The molecule has 76 valence electrons. The average molecular weight is 210 g/mol. The lowest BCUT2D eigenvalue weighted by atomic mass is 10.5. The van der Waals surface area contributed by atoms with E-state index in [0.29, 0.717) is 5.25 Å². The molecule has 0 radical (unpaired) electrons. The number of thioether (sulfide) groups is 1. The van der Waals surface area contributed by atoms with Crippen molar-refractivity contribution in [2.75, 3.05) is 6.54 Å². The van der Waals surface area contributed by atoms with Gasteiger partial charge in [-0.05, 0) is 0 Å². The molecule has 1 N–H and O–H groups in total. The number of aryl methyl sites for hydroxylation is 1. The van der Waals surface area contributed by atoms with E-state index >= 15 is 0 Å². The minimum absolute atomic E-state index is 0.610. The highest BCUT2D eigenvalue weighted by Gasteiger charge is 2.14. The molecular weight excluding hydrogens is 196 g/mol. The number of hydrogen-bond donors (Lipinski definition) is 1. The summed E-state index contributed by atoms with van der Waals surface area (Å²) in [5.74, 6) is 1.04. The maximum Gasteiger partial charge on any atom is 0.157 e. The molecular formula is C9H14N4S. The molecule has 14 heavy (non-hydrogen) atoms. The summed E-state index contributed by atoms with van der Waals surface area (Å²) in [5, 5.41) is 4.94. The number of nitrogens with zero attached hydrogens (tertiary/aromatic N) is 3. The Balaban J connectivity index is 1.86. The van der Waals surface area contributed by atoms with Crippen LogP contribution in [0.3, 0.4) is 0 Å². The van der Waals surface area contributed by atoms with Crippen molar-refractivity contribution in [1.82, 2.24) is 14.9 Å². The number of imidazole rings is 1. The fraction of sp³-hybridized carbons (Fsp3) is 0.556. The first-order valence-corrected chi connectivity index (χ1v) is 5.55. The van der Waals surface area contributed by atoms with E-state index in [4.69, 9.17) is 0 Å². The molecule has 0 saturated carbocycles. The van der Waals surface area contributed by atoms with Crippen LogP contribution in [-0.2, 0) is 13.6 Å². The summed E-state index contributed by atoms with van der Waals surface area (Å²) in [6.45, 7) is 3.86. The highest BCUT2D eigenvalue weighted by atomic mass is 32.2. The molecule has 2 rings (SSSR count). The molecule has 1 aromatic rings. The van der Waals surface area contributed by atoms with Gasteiger partial charge in [0.15, 0.2) is 5.17 Å². The third-order valence-corrected chi connectivity index (χ3v) is 3.17. The van der Waals surface area contributed by atoms with E-state index in [-0.39, 0.29) is 0 Å². The van der Waals surface area contributed by atoms with Gasteiger partial charge >= 0.3 is 0 Å². The highest BCUT2D eigenvalue weighted by molar-refractivity contribution is 8.14. The van der Waals surface area contributed by atoms with Gasteiger partial charge in [0, 0.05) is 24.7 Å². The zero-order valence-electron chi connectivity index (χ0n) is 8.40. The number of amidine groups is 1. The molecule has 0 aromatic carbocycles. The molecule has 0 spiro atoms. The van der Waals surface area contributed by atoms with Crippen molar-refractivity contribution in [3.63, 3.8) is 0 Å². The van der Waals surface area contributed by atoms with Crippen LogP contribution in [0.2, 0.25) is 0 Å². The maximum atomic E-state index is 4.38. The Labute approximate surface area is 87.8 Å². The topological polar surface area (TPSA) is 42.2 Å². The third kappa shape index (κ3) is 2.09. The Morgan fingerprint density at radius 1 is 1.71 bits per heavy atom. The molecule has 0 aliphatic carbocycles. The van der Waals surface area contributed by atoms with E-state index in [1.165, 1.54) is 0 Å². The molecule has 4 nitrogen and oxygen atoms in total. The van der Waals surface area contributed by atoms with Gasteiger partial charge in [0.25, 0.3) is 0 Å². The average Bonchev–Trinajstić information content (AvgIpc) is 2.72. The van der Waals surface area contributed by atoms with Crippen LogP contribution in [-0.4, -0.2) is 26.5 Å². The summed E-state index contributed by atoms with van der Waals surface area (Å²) in [5.41, 5.74) is 0. The van der Waals surface area contributed by atoms with Crippen LogP contribution in [0.25, 0.3) is 0 Å². The Morgan fingerprint density at radius 2 is 2.57 bits per heavy atom. The smallest absolute Gasteiger partial charge is 0.157 e. The third-order valence-electron chi connectivity index (χ3n) is 2.12. The second-order valence-electron chi connectivity index (χ2n) is 3.38. The van der Waals surface area contributed by atoms with Crippen LogP contribution >= 0.6 is 11.8 Å². The van der Waals surface area contributed by atoms with Crippen LogP contribution in [0.1, 0.15) is 12.7 Å². The van der Waals surface area contributed by atoms with Gasteiger partial charge in [0.2, 0.25) is 0 Å². The Morgan fingerprint density at radius 3 is 3.14 bits per heavy atom. The number of rotatable bonds is 2. The predicted octanol–water partition coefficient (Wildman–Crippen LogP) is 1.00. The van der Waals surface area contributed by atoms with Crippen molar-refractivity contribution in [2.24, 2.45) is 12.0 Å². The normalized spacial score (nSPS) is 21.0. The Hall–Kier alpha value is -0.970. The van der Waals surface area contributed by atoms with Crippen molar-refractivity contribution in [3.05, 3.63) is 18.2 Å². The molecule has 1 aliphatic rings. The van der Waals surface area contributed by atoms with E-state index in [1.807, 2.05) is 24.0 Å². The van der Waals surface area contributed by atoms with E-state index in [9.17, 15) is 0 Å². The monoisotopic (exact) mass is 210 g/mol. The van der Waals surface area contributed by atoms with Crippen LogP contribution in [0.5, 0.6) is 0 Å². The van der Waals surface area contributed by atoms with Crippen LogP contribution in [0.4, 0.5) is 0 Å². The predicted molar refractivity (Wildman–Crippen MR) is 59.4 cm³/mol. The number of aliphatic imine (C=N–C) groups is 1. The van der Waals surface area contributed by atoms with E-state index in [2.05, 4.69) is 22.2 Å². The van der Waals surface area contributed by atoms with Gasteiger partial charge in [-0.25, -0.2) is 4.98 Å². The van der Waals surface area contributed by atoms with Gasteiger partial charge in [-0.3, -0.25) is 4.99 Å². The first-order chi connectivity index (χ1) is 6.75. The van der Waals surface area contributed by atoms with Gasteiger partial charge in [-0.1, -0.05) is 18.7 Å². The van der Waals surface area contributed by atoms with Gasteiger partial charge in [0.05, 0.1) is 13.1 Å². The van der Waals surface area contributed by atoms with Crippen molar-refractivity contribution >= 4 is 16.9 Å². The zero-order chi connectivity index (χ0) is 9.97. The Kier molecular flexibility index (Phi) is 2.77. The van der Waals surface area contributed by atoms with Crippen LogP contribution < -0.4 is 5.32 Å². The van der Waals surface area contributed by atoms with E-state index in [0.717, 1.165) is 24.1 Å². The van der Waals surface area contributed by atoms with E-state index < -0.39 is 0 Å². The fourth-order valence-electron chi connectivity index (χ4n) is 1.30. The second kappa shape index (κ2) is 4.04. The fourth-order valence-corrected chi connectivity index (χ4v) is 2.13. The molecule has 2 heterocycles. The number of aromatic nitrogens is 2. The SMILES string of the molecule is CC1CN=C(NCc2nccn2C)S1. The summed E-state index contributed by atoms with van der Waals surface area (Å²) in [7, 11) is 2.00. The van der Waals surface area contributed by atoms with Crippen molar-refractivity contribution < 1.29 is 0 Å². The summed E-state index contributed by atoms with van der Waals surface area (Å²) in [6, 6.07) is 0. The largest absolute Gasteiger partial charge is 0.358 e. The van der Waals surface area contributed by atoms with Crippen LogP contribution in [0, 0.1) is 0 Å². The summed E-state index contributed by atoms with van der Waals surface area (Å²) >= 11 is 1.80. The minimum Gasteiger partial charge on any atom is -0.358 e. The van der Waals surface area contributed by atoms with Crippen molar-refractivity contribution in [1.29, 1.82) is 0 Å². The minimum atomic E-state index is 0.610. The zero-order valence-corrected chi connectivity index (χ0v) is 9.21. The van der Waals surface area contributed by atoms with Gasteiger partial charge in [-0.15, -0.1) is 0 Å². The van der Waals surface area contributed by atoms with Gasteiger partial charge in [-0.2, -0.15) is 0 Å². The lowest BCUT2D eigenvalue weighted by molar-refractivity contribution is 0.754. The first kappa shape index (κ1) is 9.58.